The number of hydrogen-bond donors (Lipinski definition) is 2. The second kappa shape index (κ2) is 7.10. The third kappa shape index (κ3) is 4.58. The number of piperidine rings is 1. The van der Waals surface area contributed by atoms with E-state index in [4.69, 9.17) is 5.73 Å². The first-order valence-electron chi connectivity index (χ1n) is 7.15. The van der Waals surface area contributed by atoms with Gasteiger partial charge in [0.15, 0.2) is 0 Å². The minimum absolute atomic E-state index is 0.187. The molecule has 1 rings (SSSR count). The standard InChI is InChI=1S/C14H29N3O/c1-10(2)13(15)6-8-17(4)14(18)12-5-7-16-11(3)9-12/h10-13,16H,5-9,15H2,1-4H3/t11-,12-,13?/m0/s1. The molecule has 1 heterocycles. The average molecular weight is 255 g/mol. The number of hydrogen-bond acceptors (Lipinski definition) is 3. The van der Waals surface area contributed by atoms with Crippen molar-refractivity contribution in [2.45, 2.75) is 52.1 Å². The molecule has 0 radical (unpaired) electrons. The number of nitrogens with one attached hydrogen (secondary N) is 1. The molecule has 0 aromatic carbocycles. The molecule has 3 atom stereocenters. The highest BCUT2D eigenvalue weighted by atomic mass is 16.2. The zero-order valence-corrected chi connectivity index (χ0v) is 12.3. The number of nitrogens with two attached hydrogens (primary N) is 1. The van der Waals surface area contributed by atoms with Gasteiger partial charge >= 0.3 is 0 Å². The van der Waals surface area contributed by atoms with Gasteiger partial charge in [0.25, 0.3) is 0 Å². The Morgan fingerprint density at radius 3 is 2.72 bits per heavy atom. The van der Waals surface area contributed by atoms with Gasteiger partial charge in [0.2, 0.25) is 5.91 Å². The van der Waals surface area contributed by atoms with E-state index in [0.29, 0.717) is 17.9 Å². The quantitative estimate of drug-likeness (QED) is 0.776. The first-order valence-corrected chi connectivity index (χ1v) is 7.15. The third-order valence-electron chi connectivity index (χ3n) is 4.00. The molecule has 1 amide bonds. The van der Waals surface area contributed by atoms with Gasteiger partial charge < -0.3 is 16.0 Å². The highest BCUT2D eigenvalue weighted by molar-refractivity contribution is 5.78. The van der Waals surface area contributed by atoms with Crippen molar-refractivity contribution in [2.24, 2.45) is 17.6 Å². The van der Waals surface area contributed by atoms with Gasteiger partial charge in [-0.15, -0.1) is 0 Å². The van der Waals surface area contributed by atoms with E-state index in [-0.39, 0.29) is 12.0 Å². The molecular weight excluding hydrogens is 226 g/mol. The molecule has 3 N–H and O–H groups in total. The molecular formula is C14H29N3O. The summed E-state index contributed by atoms with van der Waals surface area (Å²) in [5, 5.41) is 3.38. The molecule has 1 aliphatic heterocycles. The number of carbonyl (C=O) groups is 1. The van der Waals surface area contributed by atoms with Crippen molar-refractivity contribution in [3.63, 3.8) is 0 Å². The fourth-order valence-corrected chi connectivity index (χ4v) is 2.45. The van der Waals surface area contributed by atoms with Crippen LogP contribution in [0.2, 0.25) is 0 Å². The summed E-state index contributed by atoms with van der Waals surface area (Å²) in [6.07, 6.45) is 2.81. The molecule has 1 saturated heterocycles. The highest BCUT2D eigenvalue weighted by Gasteiger charge is 2.27. The lowest BCUT2D eigenvalue weighted by Crippen LogP contribution is -2.44. The Balaban J connectivity index is 2.36. The van der Waals surface area contributed by atoms with Gasteiger partial charge in [-0.05, 0) is 38.6 Å². The average Bonchev–Trinajstić information content (AvgIpc) is 2.34. The molecule has 18 heavy (non-hydrogen) atoms. The summed E-state index contributed by atoms with van der Waals surface area (Å²) in [4.78, 5) is 14.1. The molecule has 1 aliphatic rings. The monoisotopic (exact) mass is 255 g/mol. The van der Waals surface area contributed by atoms with E-state index in [1.54, 1.807) is 0 Å². The third-order valence-corrected chi connectivity index (χ3v) is 4.00. The summed E-state index contributed by atoms with van der Waals surface area (Å²) >= 11 is 0. The van der Waals surface area contributed by atoms with Crippen molar-refractivity contribution in [3.05, 3.63) is 0 Å². The molecule has 0 aromatic rings. The van der Waals surface area contributed by atoms with Crippen LogP contribution in [0.1, 0.15) is 40.0 Å². The SMILES string of the molecule is CC(C)C(N)CCN(C)C(=O)[C@H]1CCN[C@@H](C)C1. The minimum atomic E-state index is 0.187. The minimum Gasteiger partial charge on any atom is -0.345 e. The van der Waals surface area contributed by atoms with Crippen LogP contribution in [0.3, 0.4) is 0 Å². The Labute approximate surface area is 111 Å². The second-order valence-corrected chi connectivity index (χ2v) is 6.03. The fraction of sp³-hybridized carbons (Fsp3) is 0.929. The zero-order chi connectivity index (χ0) is 13.7. The molecule has 0 aromatic heterocycles. The summed E-state index contributed by atoms with van der Waals surface area (Å²) in [5.74, 6) is 0.966. The maximum atomic E-state index is 12.3. The van der Waals surface area contributed by atoms with Crippen LogP contribution in [-0.2, 0) is 4.79 Å². The van der Waals surface area contributed by atoms with Gasteiger partial charge in [0, 0.05) is 31.6 Å². The van der Waals surface area contributed by atoms with E-state index in [2.05, 4.69) is 26.1 Å². The largest absolute Gasteiger partial charge is 0.345 e. The van der Waals surface area contributed by atoms with Crippen LogP contribution in [0.5, 0.6) is 0 Å². The first kappa shape index (κ1) is 15.4. The molecule has 4 heteroatoms. The van der Waals surface area contributed by atoms with Crippen LogP contribution in [0, 0.1) is 11.8 Å². The summed E-state index contributed by atoms with van der Waals surface area (Å²) in [6.45, 7) is 8.13. The van der Waals surface area contributed by atoms with Crippen LogP contribution < -0.4 is 11.1 Å². The number of amides is 1. The molecule has 4 nitrogen and oxygen atoms in total. The summed E-state index contributed by atoms with van der Waals surface area (Å²) in [5.41, 5.74) is 6.02. The van der Waals surface area contributed by atoms with Crippen molar-refractivity contribution in [1.29, 1.82) is 0 Å². The lowest BCUT2D eigenvalue weighted by Gasteiger charge is -2.31. The zero-order valence-electron chi connectivity index (χ0n) is 12.3. The first-order chi connectivity index (χ1) is 8.41. The highest BCUT2D eigenvalue weighted by Crippen LogP contribution is 2.18. The Bertz CT molecular complexity index is 268. The van der Waals surface area contributed by atoms with Crippen molar-refractivity contribution >= 4 is 5.91 Å². The van der Waals surface area contributed by atoms with Crippen LogP contribution in [0.15, 0.2) is 0 Å². The van der Waals surface area contributed by atoms with Crippen molar-refractivity contribution in [3.8, 4) is 0 Å². The van der Waals surface area contributed by atoms with Crippen LogP contribution in [-0.4, -0.2) is 43.0 Å². The van der Waals surface area contributed by atoms with E-state index in [1.807, 2.05) is 11.9 Å². The van der Waals surface area contributed by atoms with E-state index in [0.717, 1.165) is 32.4 Å². The summed E-state index contributed by atoms with van der Waals surface area (Å²) < 4.78 is 0. The van der Waals surface area contributed by atoms with Crippen LogP contribution >= 0.6 is 0 Å². The predicted octanol–water partition coefficient (Wildman–Crippen LogP) is 1.21. The maximum absolute atomic E-state index is 12.3. The Morgan fingerprint density at radius 1 is 1.50 bits per heavy atom. The Hall–Kier alpha value is -0.610. The lowest BCUT2D eigenvalue weighted by atomic mass is 9.92. The maximum Gasteiger partial charge on any atom is 0.225 e. The van der Waals surface area contributed by atoms with E-state index in [1.165, 1.54) is 0 Å². The van der Waals surface area contributed by atoms with E-state index >= 15 is 0 Å². The topological polar surface area (TPSA) is 58.4 Å². The van der Waals surface area contributed by atoms with Crippen molar-refractivity contribution < 1.29 is 4.79 Å². The lowest BCUT2D eigenvalue weighted by molar-refractivity contribution is -0.135. The summed E-state index contributed by atoms with van der Waals surface area (Å²) in [6, 6.07) is 0.645. The van der Waals surface area contributed by atoms with Crippen LogP contribution in [0.4, 0.5) is 0 Å². The number of nitrogens with zero attached hydrogens (tertiary/aromatic N) is 1. The van der Waals surface area contributed by atoms with E-state index in [9.17, 15) is 4.79 Å². The molecule has 106 valence electrons. The smallest absolute Gasteiger partial charge is 0.225 e. The molecule has 0 aliphatic carbocycles. The van der Waals surface area contributed by atoms with Gasteiger partial charge in [-0.1, -0.05) is 13.8 Å². The number of rotatable bonds is 5. The van der Waals surface area contributed by atoms with E-state index < -0.39 is 0 Å². The molecule has 0 saturated carbocycles. The van der Waals surface area contributed by atoms with Gasteiger partial charge in [-0.25, -0.2) is 0 Å². The van der Waals surface area contributed by atoms with Crippen molar-refractivity contribution in [2.75, 3.05) is 20.1 Å². The molecule has 0 spiro atoms. The second-order valence-electron chi connectivity index (χ2n) is 6.03. The van der Waals surface area contributed by atoms with Crippen molar-refractivity contribution in [1.82, 2.24) is 10.2 Å². The molecule has 0 bridgehead atoms. The molecule has 1 unspecified atom stereocenters. The fourth-order valence-electron chi connectivity index (χ4n) is 2.45. The Kier molecular flexibility index (Phi) is 6.09. The van der Waals surface area contributed by atoms with Gasteiger partial charge in [0.05, 0.1) is 0 Å². The summed E-state index contributed by atoms with van der Waals surface area (Å²) in [7, 11) is 1.90. The van der Waals surface area contributed by atoms with Gasteiger partial charge in [-0.3, -0.25) is 4.79 Å². The Morgan fingerprint density at radius 2 is 2.17 bits per heavy atom. The van der Waals surface area contributed by atoms with Gasteiger partial charge in [0.1, 0.15) is 0 Å². The predicted molar refractivity (Wildman–Crippen MR) is 75.3 cm³/mol. The van der Waals surface area contributed by atoms with Crippen LogP contribution in [0.25, 0.3) is 0 Å². The number of carbonyl (C=O) groups excluding carboxylic acids is 1. The van der Waals surface area contributed by atoms with Gasteiger partial charge in [-0.2, -0.15) is 0 Å². The molecule has 1 fully saturated rings. The normalized spacial score (nSPS) is 26.1.